The SMILES string of the molecule is Cc1cc(=O)n2[nH]c(-c3c[nH]c4ccccc34)cc2n1. The molecule has 5 heteroatoms. The van der Waals surface area contributed by atoms with Crippen LogP contribution in [0.25, 0.3) is 27.8 Å². The van der Waals surface area contributed by atoms with Crippen molar-refractivity contribution < 1.29 is 0 Å². The molecule has 0 bridgehead atoms. The third-order valence-corrected chi connectivity index (χ3v) is 3.46. The summed E-state index contributed by atoms with van der Waals surface area (Å²) in [5, 5.41) is 4.22. The van der Waals surface area contributed by atoms with Crippen molar-refractivity contribution in [3.8, 4) is 11.3 Å². The molecule has 4 aromatic rings. The van der Waals surface area contributed by atoms with Crippen molar-refractivity contribution in [1.82, 2.24) is 19.6 Å². The van der Waals surface area contributed by atoms with E-state index in [9.17, 15) is 4.79 Å². The first kappa shape index (κ1) is 11.0. The normalized spacial score (nSPS) is 11.4. The van der Waals surface area contributed by atoms with E-state index >= 15 is 0 Å². The first-order chi connectivity index (χ1) is 9.72. The van der Waals surface area contributed by atoms with Crippen molar-refractivity contribution in [3.63, 3.8) is 0 Å². The second-order valence-corrected chi connectivity index (χ2v) is 4.85. The zero-order valence-corrected chi connectivity index (χ0v) is 10.8. The molecule has 3 aromatic heterocycles. The van der Waals surface area contributed by atoms with E-state index in [0.717, 1.165) is 27.9 Å². The van der Waals surface area contributed by atoms with Crippen LogP contribution in [0.3, 0.4) is 0 Å². The topological polar surface area (TPSA) is 65.9 Å². The lowest BCUT2D eigenvalue weighted by Crippen LogP contribution is -2.14. The molecule has 0 aliphatic carbocycles. The smallest absolute Gasteiger partial charge is 0.272 e. The Morgan fingerprint density at radius 2 is 2.05 bits per heavy atom. The van der Waals surface area contributed by atoms with Gasteiger partial charge in [0.25, 0.3) is 5.56 Å². The minimum Gasteiger partial charge on any atom is -0.360 e. The van der Waals surface area contributed by atoms with E-state index in [1.807, 2.05) is 43.5 Å². The predicted octanol–water partition coefficient (Wildman–Crippen LogP) is 2.48. The van der Waals surface area contributed by atoms with Gasteiger partial charge in [0.2, 0.25) is 0 Å². The van der Waals surface area contributed by atoms with Gasteiger partial charge in [-0.2, -0.15) is 0 Å². The Balaban J connectivity index is 2.03. The molecule has 0 saturated heterocycles. The van der Waals surface area contributed by atoms with Gasteiger partial charge in [0.05, 0.1) is 5.69 Å². The van der Waals surface area contributed by atoms with Crippen LogP contribution in [-0.2, 0) is 0 Å². The van der Waals surface area contributed by atoms with E-state index < -0.39 is 0 Å². The van der Waals surface area contributed by atoms with Crippen LogP contribution in [0.2, 0.25) is 0 Å². The molecule has 98 valence electrons. The van der Waals surface area contributed by atoms with E-state index in [1.165, 1.54) is 10.6 Å². The number of rotatable bonds is 1. The molecule has 0 saturated carbocycles. The number of aromatic nitrogens is 4. The Morgan fingerprint density at radius 1 is 1.20 bits per heavy atom. The molecule has 0 unspecified atom stereocenters. The summed E-state index contributed by atoms with van der Waals surface area (Å²) in [6.07, 6.45) is 1.94. The zero-order chi connectivity index (χ0) is 13.7. The van der Waals surface area contributed by atoms with Gasteiger partial charge in [-0.05, 0) is 13.0 Å². The summed E-state index contributed by atoms with van der Waals surface area (Å²) >= 11 is 0. The van der Waals surface area contributed by atoms with Crippen LogP contribution < -0.4 is 5.56 Å². The van der Waals surface area contributed by atoms with E-state index in [1.54, 1.807) is 0 Å². The molecule has 1 aromatic carbocycles. The number of benzene rings is 1. The second-order valence-electron chi connectivity index (χ2n) is 4.85. The summed E-state index contributed by atoms with van der Waals surface area (Å²) in [5.74, 6) is 0. The quantitative estimate of drug-likeness (QED) is 0.554. The number of aromatic amines is 2. The first-order valence-corrected chi connectivity index (χ1v) is 6.38. The molecule has 2 N–H and O–H groups in total. The van der Waals surface area contributed by atoms with E-state index in [4.69, 9.17) is 0 Å². The van der Waals surface area contributed by atoms with Crippen molar-refractivity contribution in [2.75, 3.05) is 0 Å². The first-order valence-electron chi connectivity index (χ1n) is 6.38. The Morgan fingerprint density at radius 3 is 2.95 bits per heavy atom. The van der Waals surface area contributed by atoms with Crippen molar-refractivity contribution in [2.45, 2.75) is 6.92 Å². The number of fused-ring (bicyclic) bond motifs is 2. The molecule has 0 fully saturated rings. The second kappa shape index (κ2) is 3.84. The molecular formula is C15H12N4O. The van der Waals surface area contributed by atoms with Crippen LogP contribution in [0.15, 0.2) is 47.4 Å². The zero-order valence-electron chi connectivity index (χ0n) is 10.8. The van der Waals surface area contributed by atoms with Gasteiger partial charge in [0.15, 0.2) is 5.65 Å². The van der Waals surface area contributed by atoms with Crippen LogP contribution in [0.1, 0.15) is 5.69 Å². The summed E-state index contributed by atoms with van der Waals surface area (Å²) in [5.41, 5.74) is 4.23. The summed E-state index contributed by atoms with van der Waals surface area (Å²) in [4.78, 5) is 19.5. The van der Waals surface area contributed by atoms with Gasteiger partial charge in [-0.25, -0.2) is 9.50 Å². The van der Waals surface area contributed by atoms with Crippen molar-refractivity contribution >= 4 is 16.6 Å². The Bertz CT molecular complexity index is 990. The fraction of sp³-hybridized carbons (Fsp3) is 0.0667. The van der Waals surface area contributed by atoms with Gasteiger partial charge in [-0.15, -0.1) is 0 Å². The van der Waals surface area contributed by atoms with Crippen molar-refractivity contribution in [3.05, 3.63) is 58.6 Å². The van der Waals surface area contributed by atoms with E-state index in [0.29, 0.717) is 5.65 Å². The molecule has 5 nitrogen and oxygen atoms in total. The number of hydrogen-bond donors (Lipinski definition) is 2. The average molecular weight is 264 g/mol. The molecule has 0 aliphatic heterocycles. The highest BCUT2D eigenvalue weighted by Crippen LogP contribution is 2.27. The molecule has 0 spiro atoms. The van der Waals surface area contributed by atoms with E-state index in [-0.39, 0.29) is 5.56 Å². The van der Waals surface area contributed by atoms with Crippen molar-refractivity contribution in [2.24, 2.45) is 0 Å². The maximum atomic E-state index is 11.9. The average Bonchev–Trinajstić information content (AvgIpc) is 3.01. The van der Waals surface area contributed by atoms with E-state index in [2.05, 4.69) is 15.1 Å². The third-order valence-electron chi connectivity index (χ3n) is 3.46. The number of aryl methyl sites for hydroxylation is 1. The molecule has 0 atom stereocenters. The summed E-state index contributed by atoms with van der Waals surface area (Å²) in [6.45, 7) is 1.82. The van der Waals surface area contributed by atoms with Crippen molar-refractivity contribution in [1.29, 1.82) is 0 Å². The largest absolute Gasteiger partial charge is 0.360 e. The van der Waals surface area contributed by atoms with Gasteiger partial charge in [0.1, 0.15) is 0 Å². The van der Waals surface area contributed by atoms with Gasteiger partial charge < -0.3 is 4.98 Å². The maximum absolute atomic E-state index is 11.9. The fourth-order valence-corrected chi connectivity index (χ4v) is 2.54. The van der Waals surface area contributed by atoms with Crippen LogP contribution in [-0.4, -0.2) is 19.6 Å². The fourth-order valence-electron chi connectivity index (χ4n) is 2.54. The minimum absolute atomic E-state index is 0.0985. The molecule has 0 radical (unpaired) electrons. The molecule has 0 amide bonds. The monoisotopic (exact) mass is 264 g/mol. The molecule has 20 heavy (non-hydrogen) atoms. The van der Waals surface area contributed by atoms with Crippen LogP contribution in [0.4, 0.5) is 0 Å². The third kappa shape index (κ3) is 1.50. The lowest BCUT2D eigenvalue weighted by Gasteiger charge is -1.94. The standard InChI is InChI=1S/C15H12N4O/c1-9-6-15(20)19-14(17-9)7-13(18-19)11-8-16-12-5-3-2-4-10(11)12/h2-8,16,18H,1H3. The number of nitrogens with one attached hydrogen (secondary N) is 2. The Labute approximate surface area is 113 Å². The maximum Gasteiger partial charge on any atom is 0.272 e. The highest BCUT2D eigenvalue weighted by atomic mass is 16.1. The van der Waals surface area contributed by atoms with Gasteiger partial charge in [0, 0.05) is 40.5 Å². The summed E-state index contributed by atoms with van der Waals surface area (Å²) in [7, 11) is 0. The number of hydrogen-bond acceptors (Lipinski definition) is 2. The van der Waals surface area contributed by atoms with Crippen LogP contribution in [0, 0.1) is 6.92 Å². The van der Waals surface area contributed by atoms with Gasteiger partial charge in [-0.3, -0.25) is 9.89 Å². The lowest BCUT2D eigenvalue weighted by molar-refractivity contribution is 0.893. The highest BCUT2D eigenvalue weighted by molar-refractivity contribution is 5.94. The van der Waals surface area contributed by atoms with Crippen LogP contribution >= 0.6 is 0 Å². The number of nitrogens with zero attached hydrogens (tertiary/aromatic N) is 2. The highest BCUT2D eigenvalue weighted by Gasteiger charge is 2.10. The summed E-state index contributed by atoms with van der Waals surface area (Å²) in [6, 6.07) is 11.5. The Kier molecular flexibility index (Phi) is 2.12. The van der Waals surface area contributed by atoms with Gasteiger partial charge >= 0.3 is 0 Å². The Hall–Kier alpha value is -2.82. The minimum atomic E-state index is -0.0985. The molecular weight excluding hydrogens is 252 g/mol. The molecule has 4 rings (SSSR count). The number of para-hydroxylation sites is 1. The lowest BCUT2D eigenvalue weighted by atomic mass is 10.1. The molecule has 0 aliphatic rings. The molecule has 3 heterocycles. The van der Waals surface area contributed by atoms with Crippen LogP contribution in [0.5, 0.6) is 0 Å². The number of H-pyrrole nitrogens is 2. The predicted molar refractivity (Wildman–Crippen MR) is 77.8 cm³/mol. The summed E-state index contributed by atoms with van der Waals surface area (Å²) < 4.78 is 1.46. The van der Waals surface area contributed by atoms with Gasteiger partial charge in [-0.1, -0.05) is 18.2 Å².